The molecule has 0 saturated carbocycles. The van der Waals surface area contributed by atoms with Crippen LogP contribution < -0.4 is 0 Å². The van der Waals surface area contributed by atoms with E-state index in [1.165, 1.54) is 0 Å². The Morgan fingerprint density at radius 2 is 1.46 bits per heavy atom. The van der Waals surface area contributed by atoms with Gasteiger partial charge in [-0.3, -0.25) is 0 Å². The SMILES string of the molecule is [CH2]C(S)C1C=CC=C1.[Cl][Zr]([Cl])([Cl])[Cl]. The maximum atomic E-state index is 5.04. The minimum atomic E-state index is -3.29. The molecule has 0 N–H and O–H groups in total. The number of thiol groups is 1. The second-order valence-electron chi connectivity index (χ2n) is 2.34. The van der Waals surface area contributed by atoms with Crippen LogP contribution in [0.3, 0.4) is 0 Å². The summed E-state index contributed by atoms with van der Waals surface area (Å²) in [5.41, 5.74) is 0. The van der Waals surface area contributed by atoms with Crippen LogP contribution in [0.15, 0.2) is 24.3 Å². The molecule has 1 aliphatic rings. The van der Waals surface area contributed by atoms with E-state index in [1.54, 1.807) is 0 Å². The average Bonchev–Trinajstić information content (AvgIpc) is 2.31. The van der Waals surface area contributed by atoms with Crippen molar-refractivity contribution in [2.75, 3.05) is 0 Å². The number of hydrogen-bond donors (Lipinski definition) is 1. The Morgan fingerprint density at radius 3 is 1.62 bits per heavy atom. The Kier molecular flexibility index (Phi) is 8.23. The van der Waals surface area contributed by atoms with Gasteiger partial charge in [0.15, 0.2) is 0 Å². The van der Waals surface area contributed by atoms with E-state index in [4.69, 9.17) is 34.1 Å². The van der Waals surface area contributed by atoms with E-state index in [9.17, 15) is 0 Å². The van der Waals surface area contributed by atoms with Gasteiger partial charge < -0.3 is 0 Å². The topological polar surface area (TPSA) is 0 Å². The van der Waals surface area contributed by atoms with Crippen LogP contribution in [0.5, 0.6) is 0 Å². The van der Waals surface area contributed by atoms with Crippen LogP contribution in [0.2, 0.25) is 0 Å². The van der Waals surface area contributed by atoms with Gasteiger partial charge in [-0.1, -0.05) is 24.3 Å². The van der Waals surface area contributed by atoms with Crippen molar-refractivity contribution in [3.63, 3.8) is 0 Å². The number of rotatable bonds is 1. The summed E-state index contributed by atoms with van der Waals surface area (Å²) < 4.78 is 0. The van der Waals surface area contributed by atoms with E-state index < -0.39 is 15.5 Å². The first-order valence-electron chi connectivity index (χ1n) is 3.42. The van der Waals surface area contributed by atoms with E-state index in [0.717, 1.165) is 0 Å². The molecule has 0 bridgehead atoms. The zero-order chi connectivity index (χ0) is 10.5. The van der Waals surface area contributed by atoms with Crippen molar-refractivity contribution in [1.29, 1.82) is 0 Å². The van der Waals surface area contributed by atoms with Gasteiger partial charge in [0, 0.05) is 11.2 Å². The summed E-state index contributed by atoms with van der Waals surface area (Å²) in [5.74, 6) is 0.457. The summed E-state index contributed by atoms with van der Waals surface area (Å²) in [7, 11) is 20.1. The van der Waals surface area contributed by atoms with Crippen LogP contribution >= 0.6 is 46.7 Å². The van der Waals surface area contributed by atoms with E-state index in [1.807, 2.05) is 12.2 Å². The monoisotopic (exact) mass is 355 g/mol. The van der Waals surface area contributed by atoms with Gasteiger partial charge in [0.1, 0.15) is 0 Å². The minimum absolute atomic E-state index is 0.213. The van der Waals surface area contributed by atoms with E-state index in [2.05, 4.69) is 31.7 Å². The fourth-order valence-electron chi connectivity index (χ4n) is 0.706. The molecule has 75 valence electrons. The van der Waals surface area contributed by atoms with Crippen LogP contribution in [-0.4, -0.2) is 5.25 Å². The third-order valence-electron chi connectivity index (χ3n) is 1.22. The Morgan fingerprint density at radius 1 is 1.15 bits per heavy atom. The van der Waals surface area contributed by atoms with Gasteiger partial charge in [-0.25, -0.2) is 0 Å². The molecule has 1 unspecified atom stereocenters. The molecule has 0 spiro atoms. The normalized spacial score (nSPS) is 18.3. The second-order valence-corrected chi connectivity index (χ2v) is 25.4. The molecule has 0 nitrogen and oxygen atoms in total. The number of hydrogen-bond acceptors (Lipinski definition) is 1. The van der Waals surface area contributed by atoms with Gasteiger partial charge in [0.25, 0.3) is 0 Å². The third kappa shape index (κ3) is 11.8. The summed E-state index contributed by atoms with van der Waals surface area (Å²) in [5, 5.41) is 0.213. The molecule has 0 heterocycles. The molecule has 1 rings (SSSR count). The predicted molar refractivity (Wildman–Crippen MR) is 63.3 cm³/mol. The Bertz CT molecular complexity index is 179. The van der Waals surface area contributed by atoms with Crippen LogP contribution in [0.4, 0.5) is 0 Å². The molecule has 0 aromatic rings. The van der Waals surface area contributed by atoms with Crippen molar-refractivity contribution in [2.45, 2.75) is 5.25 Å². The molecule has 13 heavy (non-hydrogen) atoms. The van der Waals surface area contributed by atoms with Crippen molar-refractivity contribution in [3.8, 4) is 0 Å². The first-order valence-corrected chi connectivity index (χ1v) is 16.6. The molecular weight excluding hydrogens is 349 g/mol. The molecule has 0 aromatic carbocycles. The van der Waals surface area contributed by atoms with E-state index >= 15 is 0 Å². The van der Waals surface area contributed by atoms with Crippen molar-refractivity contribution < 1.29 is 15.5 Å². The van der Waals surface area contributed by atoms with Gasteiger partial charge in [-0.15, -0.1) is 0 Å². The molecule has 1 radical (unpaired) electrons. The van der Waals surface area contributed by atoms with Crippen LogP contribution in [0, 0.1) is 12.8 Å². The fourth-order valence-corrected chi connectivity index (χ4v) is 0.904. The van der Waals surface area contributed by atoms with Gasteiger partial charge in [0.2, 0.25) is 0 Å². The molecule has 0 fully saturated rings. The van der Waals surface area contributed by atoms with E-state index in [-0.39, 0.29) is 5.25 Å². The second kappa shape index (κ2) is 7.20. The molecule has 0 saturated heterocycles. The first kappa shape index (κ1) is 14.9. The van der Waals surface area contributed by atoms with Crippen molar-refractivity contribution in [3.05, 3.63) is 31.2 Å². The van der Waals surface area contributed by atoms with Gasteiger partial charge in [0.05, 0.1) is 0 Å². The first-order chi connectivity index (χ1) is 5.80. The van der Waals surface area contributed by atoms with Gasteiger partial charge >= 0.3 is 49.5 Å². The molecule has 1 aliphatic carbocycles. The maximum absolute atomic E-state index is 5.04. The zero-order valence-corrected chi connectivity index (χ0v) is 13.0. The number of allylic oxidation sites excluding steroid dienone is 4. The van der Waals surface area contributed by atoms with Crippen molar-refractivity contribution in [1.82, 2.24) is 0 Å². The van der Waals surface area contributed by atoms with Crippen molar-refractivity contribution >= 4 is 46.7 Å². The number of halogens is 4. The van der Waals surface area contributed by atoms with E-state index in [0.29, 0.717) is 5.92 Å². The molecule has 0 aliphatic heterocycles. The Labute approximate surface area is 103 Å². The molecule has 1 atom stereocenters. The van der Waals surface area contributed by atoms with Crippen LogP contribution in [0.25, 0.3) is 0 Å². The van der Waals surface area contributed by atoms with Crippen LogP contribution in [-0.2, 0) is 15.5 Å². The average molecular weight is 358 g/mol. The van der Waals surface area contributed by atoms with Crippen molar-refractivity contribution in [2.24, 2.45) is 5.92 Å². The standard InChI is InChI=1S/C7H9S.4ClH.Zr/c1-6(8)7-4-2-3-5-7;;;;;/h2-8H,1H2;4*1H;/q;;;;;+4/p-4. The Hall–Kier alpha value is 1.87. The molecule has 0 amide bonds. The summed E-state index contributed by atoms with van der Waals surface area (Å²) >= 11 is 0.888. The summed E-state index contributed by atoms with van der Waals surface area (Å²) in [6, 6.07) is 0. The fraction of sp³-hybridized carbons (Fsp3) is 0.286. The van der Waals surface area contributed by atoms with Crippen LogP contribution in [0.1, 0.15) is 0 Å². The van der Waals surface area contributed by atoms with Gasteiger partial charge in [-0.05, 0) is 6.92 Å². The predicted octanol–water partition coefficient (Wildman–Crippen LogP) is 4.62. The zero-order valence-electron chi connectivity index (χ0n) is 6.63. The summed E-state index contributed by atoms with van der Waals surface area (Å²) in [4.78, 5) is 0. The Balaban J connectivity index is 0.000000252. The third-order valence-corrected chi connectivity index (χ3v) is 1.57. The summed E-state index contributed by atoms with van der Waals surface area (Å²) in [6.07, 6.45) is 8.26. The summed E-state index contributed by atoms with van der Waals surface area (Å²) in [6.45, 7) is 3.78. The van der Waals surface area contributed by atoms with Gasteiger partial charge in [-0.2, -0.15) is 12.6 Å². The quantitative estimate of drug-likeness (QED) is 0.650. The molecule has 0 aromatic heterocycles. The molecular formula is C7H9Cl4SZr. The molecule has 6 heteroatoms.